The lowest BCUT2D eigenvalue weighted by Gasteiger charge is -2.06. The summed E-state index contributed by atoms with van der Waals surface area (Å²) in [6.45, 7) is 0.00595. The van der Waals surface area contributed by atoms with Crippen LogP contribution in [0, 0.1) is 0 Å². The van der Waals surface area contributed by atoms with Crippen molar-refractivity contribution < 1.29 is 9.84 Å². The number of hydrogen-bond acceptors (Lipinski definition) is 4. The van der Waals surface area contributed by atoms with Gasteiger partial charge in [-0.05, 0) is 11.6 Å². The highest BCUT2D eigenvalue weighted by atomic mass is 32.1. The Balaban J connectivity index is 1.94. The van der Waals surface area contributed by atoms with E-state index >= 15 is 0 Å². The summed E-state index contributed by atoms with van der Waals surface area (Å²) in [5.41, 5.74) is 1.97. The van der Waals surface area contributed by atoms with Crippen molar-refractivity contribution in [2.45, 2.75) is 13.0 Å². The predicted octanol–water partition coefficient (Wildman–Crippen LogP) is 2.49. The van der Waals surface area contributed by atoms with E-state index in [1.165, 1.54) is 4.88 Å². The molecular weight excluding hydrogens is 260 g/mol. The predicted molar refractivity (Wildman–Crippen MR) is 74.8 cm³/mol. The van der Waals surface area contributed by atoms with Crippen molar-refractivity contribution in [2.75, 3.05) is 7.11 Å². The van der Waals surface area contributed by atoms with Crippen LogP contribution in [0.1, 0.15) is 16.1 Å². The smallest absolute Gasteiger partial charge is 0.194 e. The quantitative estimate of drug-likeness (QED) is 0.795. The summed E-state index contributed by atoms with van der Waals surface area (Å²) >= 11 is 1.63. The highest BCUT2D eigenvalue weighted by Gasteiger charge is 2.09. The molecule has 3 rings (SSSR count). The van der Waals surface area contributed by atoms with Gasteiger partial charge < -0.3 is 9.84 Å². The zero-order valence-electron chi connectivity index (χ0n) is 10.5. The third-order valence-electron chi connectivity index (χ3n) is 3.05. The Kier molecular flexibility index (Phi) is 3.23. The lowest BCUT2D eigenvalue weighted by molar-refractivity contribution is 0.276. The number of methoxy groups -OCH3 is 1. The van der Waals surface area contributed by atoms with E-state index in [9.17, 15) is 5.11 Å². The van der Waals surface area contributed by atoms with Gasteiger partial charge in [0.1, 0.15) is 5.75 Å². The SMILES string of the molecule is COc1ccccc1Cc1cn2c(CO)cnc2s1. The monoisotopic (exact) mass is 274 g/mol. The van der Waals surface area contributed by atoms with Crippen LogP contribution in [0.25, 0.3) is 4.96 Å². The van der Waals surface area contributed by atoms with Crippen molar-refractivity contribution in [3.05, 3.63) is 52.8 Å². The molecule has 0 atom stereocenters. The molecule has 2 aromatic heterocycles. The molecule has 0 amide bonds. The number of rotatable bonds is 4. The topological polar surface area (TPSA) is 46.8 Å². The Hall–Kier alpha value is -1.85. The number of ether oxygens (including phenoxy) is 1. The summed E-state index contributed by atoms with van der Waals surface area (Å²) in [5.74, 6) is 0.899. The molecule has 0 aliphatic heterocycles. The highest BCUT2D eigenvalue weighted by Crippen LogP contribution is 2.25. The molecule has 3 aromatic rings. The van der Waals surface area contributed by atoms with Crippen LogP contribution in [0.3, 0.4) is 0 Å². The molecule has 19 heavy (non-hydrogen) atoms. The van der Waals surface area contributed by atoms with Gasteiger partial charge in [0, 0.05) is 17.5 Å². The summed E-state index contributed by atoms with van der Waals surface area (Å²) in [5, 5.41) is 9.23. The van der Waals surface area contributed by atoms with E-state index in [-0.39, 0.29) is 6.61 Å². The Labute approximate surface area is 114 Å². The van der Waals surface area contributed by atoms with Crippen molar-refractivity contribution in [1.29, 1.82) is 0 Å². The Morgan fingerprint density at radius 2 is 2.21 bits per heavy atom. The molecule has 0 spiro atoms. The van der Waals surface area contributed by atoms with Gasteiger partial charge in [0.25, 0.3) is 0 Å². The fourth-order valence-corrected chi connectivity index (χ4v) is 3.11. The first-order valence-electron chi connectivity index (χ1n) is 5.99. The first kappa shape index (κ1) is 12.2. The lowest BCUT2D eigenvalue weighted by Crippen LogP contribution is -1.92. The van der Waals surface area contributed by atoms with Gasteiger partial charge in [0.2, 0.25) is 0 Å². The summed E-state index contributed by atoms with van der Waals surface area (Å²) in [6, 6.07) is 8.00. The number of fused-ring (bicyclic) bond motifs is 1. The molecule has 0 unspecified atom stereocenters. The third kappa shape index (κ3) is 2.22. The average Bonchev–Trinajstić information content (AvgIpc) is 2.99. The molecule has 2 heterocycles. The van der Waals surface area contributed by atoms with Crippen LogP contribution in [-0.4, -0.2) is 21.6 Å². The standard InChI is InChI=1S/C14H14N2O2S/c1-18-13-5-3-2-4-10(13)6-12-8-16-11(9-17)7-15-14(16)19-12/h2-5,7-8,17H,6,9H2,1H3. The zero-order chi connectivity index (χ0) is 13.2. The molecule has 0 saturated carbocycles. The second kappa shape index (κ2) is 5.03. The second-order valence-corrected chi connectivity index (χ2v) is 5.34. The fraction of sp³-hybridized carbons (Fsp3) is 0.214. The van der Waals surface area contributed by atoms with Gasteiger partial charge in [-0.15, -0.1) is 11.3 Å². The van der Waals surface area contributed by atoms with Crippen LogP contribution in [0.15, 0.2) is 36.7 Å². The molecule has 1 aromatic carbocycles. The minimum Gasteiger partial charge on any atom is -0.496 e. The number of aliphatic hydroxyl groups is 1. The molecule has 98 valence electrons. The summed E-state index contributed by atoms with van der Waals surface area (Å²) in [6.07, 6.45) is 4.55. The maximum Gasteiger partial charge on any atom is 0.194 e. The van der Waals surface area contributed by atoms with Crippen molar-refractivity contribution in [3.63, 3.8) is 0 Å². The molecular formula is C14H14N2O2S. The van der Waals surface area contributed by atoms with Crippen LogP contribution in [0.5, 0.6) is 5.75 Å². The Morgan fingerprint density at radius 3 is 3.00 bits per heavy atom. The molecule has 0 saturated heterocycles. The first-order chi connectivity index (χ1) is 9.31. The largest absolute Gasteiger partial charge is 0.496 e. The zero-order valence-corrected chi connectivity index (χ0v) is 11.4. The van der Waals surface area contributed by atoms with E-state index < -0.39 is 0 Å². The number of aromatic nitrogens is 2. The number of nitrogens with zero attached hydrogens (tertiary/aromatic N) is 2. The number of imidazole rings is 1. The van der Waals surface area contributed by atoms with Crippen molar-refractivity contribution in [3.8, 4) is 5.75 Å². The van der Waals surface area contributed by atoms with Crippen molar-refractivity contribution in [2.24, 2.45) is 0 Å². The van der Waals surface area contributed by atoms with Gasteiger partial charge in [-0.1, -0.05) is 18.2 Å². The van der Waals surface area contributed by atoms with Gasteiger partial charge in [-0.2, -0.15) is 0 Å². The third-order valence-corrected chi connectivity index (χ3v) is 4.05. The van der Waals surface area contributed by atoms with Gasteiger partial charge in [0.05, 0.1) is 25.6 Å². The van der Waals surface area contributed by atoms with E-state index in [0.717, 1.165) is 28.4 Å². The van der Waals surface area contributed by atoms with Crippen molar-refractivity contribution in [1.82, 2.24) is 9.38 Å². The Bertz CT molecular complexity index is 702. The molecule has 0 radical (unpaired) electrons. The number of aliphatic hydroxyl groups excluding tert-OH is 1. The number of benzene rings is 1. The van der Waals surface area contributed by atoms with Crippen LogP contribution < -0.4 is 4.74 Å². The first-order valence-corrected chi connectivity index (χ1v) is 6.81. The van der Waals surface area contributed by atoms with Crippen molar-refractivity contribution >= 4 is 16.3 Å². The highest BCUT2D eigenvalue weighted by molar-refractivity contribution is 7.17. The van der Waals surface area contributed by atoms with Gasteiger partial charge in [-0.25, -0.2) is 4.98 Å². The molecule has 1 N–H and O–H groups in total. The maximum absolute atomic E-state index is 9.23. The van der Waals surface area contributed by atoms with E-state index in [0.29, 0.717) is 0 Å². The second-order valence-electron chi connectivity index (χ2n) is 4.25. The van der Waals surface area contributed by atoms with Gasteiger partial charge >= 0.3 is 0 Å². The summed E-state index contributed by atoms with van der Waals surface area (Å²) in [4.78, 5) is 6.39. The number of thiazole rings is 1. The summed E-state index contributed by atoms with van der Waals surface area (Å²) in [7, 11) is 1.68. The molecule has 0 fully saturated rings. The molecule has 0 bridgehead atoms. The van der Waals surface area contributed by atoms with Crippen LogP contribution >= 0.6 is 11.3 Å². The van der Waals surface area contributed by atoms with E-state index in [4.69, 9.17) is 4.74 Å². The number of hydrogen-bond donors (Lipinski definition) is 1. The van der Waals surface area contributed by atoms with E-state index in [1.807, 2.05) is 28.8 Å². The minimum atomic E-state index is 0.00595. The van der Waals surface area contributed by atoms with Gasteiger partial charge in [-0.3, -0.25) is 4.40 Å². The Morgan fingerprint density at radius 1 is 1.37 bits per heavy atom. The normalized spacial score (nSPS) is 11.1. The average molecular weight is 274 g/mol. The number of para-hydroxylation sites is 1. The van der Waals surface area contributed by atoms with E-state index in [1.54, 1.807) is 24.6 Å². The van der Waals surface area contributed by atoms with Crippen LogP contribution in [-0.2, 0) is 13.0 Å². The minimum absolute atomic E-state index is 0.00595. The molecule has 4 nitrogen and oxygen atoms in total. The molecule has 0 aliphatic carbocycles. The van der Waals surface area contributed by atoms with Crippen LogP contribution in [0.4, 0.5) is 0 Å². The lowest BCUT2D eigenvalue weighted by atomic mass is 10.1. The summed E-state index contributed by atoms with van der Waals surface area (Å²) < 4.78 is 7.30. The molecule has 5 heteroatoms. The van der Waals surface area contributed by atoms with Crippen LogP contribution in [0.2, 0.25) is 0 Å². The molecule has 0 aliphatic rings. The fourth-order valence-electron chi connectivity index (χ4n) is 2.11. The maximum atomic E-state index is 9.23. The van der Waals surface area contributed by atoms with Gasteiger partial charge in [0.15, 0.2) is 4.96 Å². The van der Waals surface area contributed by atoms with E-state index in [2.05, 4.69) is 11.1 Å².